The molecule has 0 saturated carbocycles. The van der Waals surface area contributed by atoms with Crippen LogP contribution in [-0.4, -0.2) is 54.7 Å². The predicted molar refractivity (Wildman–Crippen MR) is 92.6 cm³/mol. The molecule has 1 amide bonds. The summed E-state index contributed by atoms with van der Waals surface area (Å²) < 4.78 is 16.7. The van der Waals surface area contributed by atoms with Crippen LogP contribution in [0.1, 0.15) is 31.9 Å². The van der Waals surface area contributed by atoms with Crippen LogP contribution in [0.4, 0.5) is 4.79 Å². The van der Waals surface area contributed by atoms with Crippen molar-refractivity contribution in [2.24, 2.45) is 5.41 Å². The first-order chi connectivity index (χ1) is 11.8. The Hall–Kier alpha value is -1.79. The van der Waals surface area contributed by atoms with Gasteiger partial charge in [0.2, 0.25) is 0 Å². The van der Waals surface area contributed by atoms with Crippen molar-refractivity contribution < 1.29 is 24.1 Å². The fourth-order valence-electron chi connectivity index (χ4n) is 3.03. The molecule has 0 spiro atoms. The smallest absolute Gasteiger partial charge is 0.410 e. The van der Waals surface area contributed by atoms with Crippen LogP contribution in [0.3, 0.4) is 0 Å². The summed E-state index contributed by atoms with van der Waals surface area (Å²) in [7, 11) is 0. The Bertz CT molecular complexity index is 628. The second-order valence-electron chi connectivity index (χ2n) is 7.99. The van der Waals surface area contributed by atoms with Crippen molar-refractivity contribution in [3.8, 4) is 5.75 Å². The molecule has 1 N–H and O–H groups in total. The number of amides is 1. The molecule has 0 atom stereocenters. The third-order valence-electron chi connectivity index (χ3n) is 4.56. The first kappa shape index (κ1) is 18.0. The highest BCUT2D eigenvalue weighted by molar-refractivity contribution is 5.69. The van der Waals surface area contributed by atoms with Gasteiger partial charge in [-0.3, -0.25) is 0 Å². The first-order valence-electron chi connectivity index (χ1n) is 8.72. The Labute approximate surface area is 148 Å². The van der Waals surface area contributed by atoms with Crippen LogP contribution in [0.2, 0.25) is 0 Å². The molecule has 0 radical (unpaired) electrons. The molecule has 0 aromatic heterocycles. The van der Waals surface area contributed by atoms with Gasteiger partial charge in [0, 0.05) is 18.7 Å². The quantitative estimate of drug-likeness (QED) is 0.904. The molecule has 1 saturated heterocycles. The average Bonchev–Trinajstić information content (AvgIpc) is 2.52. The lowest BCUT2D eigenvalue weighted by Gasteiger charge is -2.39. The number of ether oxygens (including phenoxy) is 3. The molecule has 2 heterocycles. The van der Waals surface area contributed by atoms with E-state index in [0.717, 1.165) is 23.3 Å². The van der Waals surface area contributed by atoms with Gasteiger partial charge in [-0.25, -0.2) is 4.79 Å². The third-order valence-corrected chi connectivity index (χ3v) is 4.56. The Morgan fingerprint density at radius 2 is 2.12 bits per heavy atom. The normalized spacial score (nSPS) is 19.0. The maximum atomic E-state index is 12.3. The van der Waals surface area contributed by atoms with E-state index in [1.54, 1.807) is 4.90 Å². The number of rotatable bonds is 4. The lowest BCUT2D eigenvalue weighted by molar-refractivity contribution is -0.153. The molecule has 1 fully saturated rings. The zero-order chi connectivity index (χ0) is 18.1. The van der Waals surface area contributed by atoms with Crippen LogP contribution in [0.15, 0.2) is 18.2 Å². The summed E-state index contributed by atoms with van der Waals surface area (Å²) >= 11 is 0. The second-order valence-corrected chi connectivity index (χ2v) is 7.99. The fraction of sp³-hybridized carbons (Fsp3) is 0.632. The van der Waals surface area contributed by atoms with E-state index in [2.05, 4.69) is 0 Å². The van der Waals surface area contributed by atoms with E-state index in [0.29, 0.717) is 32.9 Å². The maximum absolute atomic E-state index is 12.3. The molecule has 138 valence electrons. The van der Waals surface area contributed by atoms with Crippen molar-refractivity contribution in [3.05, 3.63) is 29.3 Å². The minimum atomic E-state index is -0.494. The van der Waals surface area contributed by atoms with E-state index in [1.807, 2.05) is 39.0 Å². The molecule has 2 aliphatic heterocycles. The predicted octanol–water partition coefficient (Wildman–Crippen LogP) is 2.37. The molecule has 3 rings (SSSR count). The zero-order valence-electron chi connectivity index (χ0n) is 15.2. The monoisotopic (exact) mass is 349 g/mol. The van der Waals surface area contributed by atoms with Crippen molar-refractivity contribution in [2.45, 2.75) is 39.3 Å². The number of benzene rings is 1. The highest BCUT2D eigenvalue weighted by atomic mass is 16.6. The summed E-state index contributed by atoms with van der Waals surface area (Å²) in [6.45, 7) is 8.31. The topological polar surface area (TPSA) is 68.2 Å². The van der Waals surface area contributed by atoms with Gasteiger partial charge in [-0.15, -0.1) is 0 Å². The molecule has 25 heavy (non-hydrogen) atoms. The summed E-state index contributed by atoms with van der Waals surface area (Å²) in [5.74, 6) is 0.834. The van der Waals surface area contributed by atoms with E-state index in [4.69, 9.17) is 14.2 Å². The first-order valence-corrected chi connectivity index (χ1v) is 8.72. The van der Waals surface area contributed by atoms with Gasteiger partial charge in [-0.2, -0.15) is 0 Å². The SMILES string of the molecule is CC(C)(C)OC(=O)N1CCc2c(cccc2OCC2(CO)COC2)C1. The molecule has 2 aliphatic rings. The lowest BCUT2D eigenvalue weighted by atomic mass is 9.88. The van der Waals surface area contributed by atoms with E-state index in [-0.39, 0.29) is 18.1 Å². The van der Waals surface area contributed by atoms with Crippen LogP contribution in [0, 0.1) is 5.41 Å². The Kier molecular flexibility index (Phi) is 4.93. The molecule has 1 aromatic rings. The van der Waals surface area contributed by atoms with Crippen molar-refractivity contribution in [3.63, 3.8) is 0 Å². The van der Waals surface area contributed by atoms with Crippen molar-refractivity contribution in [1.82, 2.24) is 4.90 Å². The number of aliphatic hydroxyl groups is 1. The Morgan fingerprint density at radius 3 is 2.72 bits per heavy atom. The number of nitrogens with zero attached hydrogens (tertiary/aromatic N) is 1. The van der Waals surface area contributed by atoms with Gasteiger partial charge in [0.25, 0.3) is 0 Å². The number of hydrogen-bond donors (Lipinski definition) is 1. The number of aliphatic hydroxyl groups excluding tert-OH is 1. The van der Waals surface area contributed by atoms with Gasteiger partial charge in [0.15, 0.2) is 0 Å². The van der Waals surface area contributed by atoms with Gasteiger partial charge in [0.1, 0.15) is 18.0 Å². The van der Waals surface area contributed by atoms with E-state index >= 15 is 0 Å². The highest BCUT2D eigenvalue weighted by Crippen LogP contribution is 2.32. The number of fused-ring (bicyclic) bond motifs is 1. The lowest BCUT2D eigenvalue weighted by Crippen LogP contribution is -2.50. The number of carbonyl (C=O) groups is 1. The van der Waals surface area contributed by atoms with Gasteiger partial charge in [0.05, 0.1) is 25.2 Å². The molecule has 6 heteroatoms. The molecule has 0 aliphatic carbocycles. The van der Waals surface area contributed by atoms with Gasteiger partial charge in [-0.1, -0.05) is 12.1 Å². The number of carbonyl (C=O) groups excluding carboxylic acids is 1. The van der Waals surface area contributed by atoms with Gasteiger partial charge < -0.3 is 24.2 Å². The van der Waals surface area contributed by atoms with Crippen LogP contribution in [-0.2, 0) is 22.4 Å². The van der Waals surface area contributed by atoms with Gasteiger partial charge in [-0.05, 0) is 38.8 Å². The standard InChI is InChI=1S/C19H27NO5/c1-18(2,3)25-17(22)20-8-7-15-14(9-20)5-4-6-16(15)24-13-19(10-21)11-23-12-19/h4-6,21H,7-13H2,1-3H3. The zero-order valence-corrected chi connectivity index (χ0v) is 15.2. The largest absolute Gasteiger partial charge is 0.492 e. The molecule has 0 bridgehead atoms. The van der Waals surface area contributed by atoms with Crippen molar-refractivity contribution >= 4 is 6.09 Å². The summed E-state index contributed by atoms with van der Waals surface area (Å²) in [5.41, 5.74) is 1.44. The van der Waals surface area contributed by atoms with Crippen LogP contribution in [0.5, 0.6) is 5.75 Å². The third kappa shape index (κ3) is 4.07. The fourth-order valence-corrected chi connectivity index (χ4v) is 3.03. The van der Waals surface area contributed by atoms with Crippen LogP contribution >= 0.6 is 0 Å². The van der Waals surface area contributed by atoms with Gasteiger partial charge >= 0.3 is 6.09 Å². The summed E-state index contributed by atoms with van der Waals surface area (Å²) in [4.78, 5) is 14.0. The average molecular weight is 349 g/mol. The minimum Gasteiger partial charge on any atom is -0.492 e. The summed E-state index contributed by atoms with van der Waals surface area (Å²) in [5, 5.41) is 9.52. The molecule has 1 aromatic carbocycles. The van der Waals surface area contributed by atoms with Crippen LogP contribution < -0.4 is 4.74 Å². The van der Waals surface area contributed by atoms with Crippen molar-refractivity contribution in [2.75, 3.05) is 33.0 Å². The highest BCUT2D eigenvalue weighted by Gasteiger charge is 2.39. The maximum Gasteiger partial charge on any atom is 0.410 e. The molecular weight excluding hydrogens is 322 g/mol. The Morgan fingerprint density at radius 1 is 1.36 bits per heavy atom. The van der Waals surface area contributed by atoms with E-state index < -0.39 is 5.60 Å². The Balaban J connectivity index is 1.67. The summed E-state index contributed by atoms with van der Waals surface area (Å²) in [6, 6.07) is 5.91. The van der Waals surface area contributed by atoms with E-state index in [1.165, 1.54) is 0 Å². The minimum absolute atomic E-state index is 0.0639. The molecule has 0 unspecified atom stereocenters. The second kappa shape index (κ2) is 6.84. The van der Waals surface area contributed by atoms with Crippen LogP contribution in [0.25, 0.3) is 0 Å². The van der Waals surface area contributed by atoms with Crippen molar-refractivity contribution in [1.29, 1.82) is 0 Å². The molecule has 6 nitrogen and oxygen atoms in total. The summed E-state index contributed by atoms with van der Waals surface area (Å²) in [6.07, 6.45) is 0.447. The molecular formula is C19H27NO5. The number of hydrogen-bond acceptors (Lipinski definition) is 5. The van der Waals surface area contributed by atoms with E-state index in [9.17, 15) is 9.90 Å².